The molecule has 31 heavy (non-hydrogen) atoms. The van der Waals surface area contributed by atoms with Crippen LogP contribution in [0, 0.1) is 5.82 Å². The minimum atomic E-state index is -1.10. The van der Waals surface area contributed by atoms with Gasteiger partial charge in [0.15, 0.2) is 0 Å². The second-order valence-electron chi connectivity index (χ2n) is 6.63. The van der Waals surface area contributed by atoms with E-state index in [4.69, 9.17) is 32.4 Å². The van der Waals surface area contributed by atoms with Gasteiger partial charge in [0, 0.05) is 11.3 Å². The number of carbonyl (C=O) groups is 2. The van der Waals surface area contributed by atoms with Crippen molar-refractivity contribution in [3.63, 3.8) is 0 Å². The van der Waals surface area contributed by atoms with Gasteiger partial charge in [0.05, 0.1) is 29.0 Å². The number of anilines is 1. The number of benzene rings is 2. The van der Waals surface area contributed by atoms with Crippen molar-refractivity contribution < 1.29 is 28.2 Å². The van der Waals surface area contributed by atoms with E-state index in [1.807, 2.05) is 0 Å². The van der Waals surface area contributed by atoms with E-state index < -0.39 is 29.3 Å². The maximum absolute atomic E-state index is 13.7. The van der Waals surface area contributed by atoms with Gasteiger partial charge in [-0.2, -0.15) is 0 Å². The lowest BCUT2D eigenvalue weighted by Gasteiger charge is -2.23. The number of nitrogens with zero attached hydrogens (tertiary/aromatic N) is 1. The molecule has 0 radical (unpaired) electrons. The number of amides is 1. The molecule has 3 aromatic rings. The Morgan fingerprint density at radius 1 is 1.13 bits per heavy atom. The number of rotatable bonds is 4. The monoisotopic (exact) mass is 461 g/mol. The third kappa shape index (κ3) is 3.56. The Balaban J connectivity index is 1.91. The Bertz CT molecular complexity index is 1220. The van der Waals surface area contributed by atoms with Crippen molar-refractivity contribution in [2.24, 2.45) is 0 Å². The molecule has 0 saturated carbocycles. The van der Waals surface area contributed by atoms with E-state index >= 15 is 0 Å². The SMILES string of the molecule is COc1ccc(/C(O)=C2/C(=O)C(=O)N(c3ccc(F)c(Cl)c3)C2c2ccco2)cc1Cl. The number of halogens is 3. The molecule has 1 aliphatic heterocycles. The number of Topliss-reactive ketones (excluding diaryl/α,β-unsaturated/α-hetero) is 1. The van der Waals surface area contributed by atoms with Gasteiger partial charge in [-0.3, -0.25) is 14.5 Å². The molecule has 2 aromatic carbocycles. The Labute approximate surface area is 186 Å². The van der Waals surface area contributed by atoms with E-state index in [1.54, 1.807) is 12.1 Å². The van der Waals surface area contributed by atoms with Crippen molar-refractivity contribution in [1.82, 2.24) is 0 Å². The molecule has 158 valence electrons. The summed E-state index contributed by atoms with van der Waals surface area (Å²) in [5.41, 5.74) is 0.167. The molecule has 1 N–H and O–H groups in total. The number of aliphatic hydroxyl groups is 1. The van der Waals surface area contributed by atoms with Crippen LogP contribution in [-0.2, 0) is 9.59 Å². The summed E-state index contributed by atoms with van der Waals surface area (Å²) in [6.07, 6.45) is 1.37. The van der Waals surface area contributed by atoms with E-state index in [1.165, 1.54) is 43.7 Å². The first-order chi connectivity index (χ1) is 14.8. The summed E-state index contributed by atoms with van der Waals surface area (Å²) < 4.78 is 24.2. The molecule has 1 aliphatic rings. The second kappa shape index (κ2) is 8.09. The number of hydrogen-bond acceptors (Lipinski definition) is 5. The normalized spacial score (nSPS) is 17.9. The second-order valence-corrected chi connectivity index (χ2v) is 7.45. The van der Waals surface area contributed by atoms with Gasteiger partial charge in [-0.15, -0.1) is 0 Å². The van der Waals surface area contributed by atoms with Crippen LogP contribution in [0.5, 0.6) is 5.75 Å². The van der Waals surface area contributed by atoms with E-state index in [-0.39, 0.29) is 32.6 Å². The summed E-state index contributed by atoms with van der Waals surface area (Å²) in [5.74, 6) is -2.39. The molecular weight excluding hydrogens is 448 g/mol. The topological polar surface area (TPSA) is 80.0 Å². The molecule has 1 fully saturated rings. The Morgan fingerprint density at radius 3 is 2.52 bits per heavy atom. The van der Waals surface area contributed by atoms with Crippen LogP contribution in [0.1, 0.15) is 17.4 Å². The number of aliphatic hydroxyl groups excluding tert-OH is 1. The third-order valence-electron chi connectivity index (χ3n) is 4.86. The summed E-state index contributed by atoms with van der Waals surface area (Å²) in [6, 6.07) is 10.1. The fraction of sp³-hybridized carbons (Fsp3) is 0.0909. The first kappa shape index (κ1) is 21.0. The van der Waals surface area contributed by atoms with E-state index in [9.17, 15) is 19.1 Å². The lowest BCUT2D eigenvalue weighted by atomic mass is 9.99. The predicted molar refractivity (Wildman–Crippen MR) is 113 cm³/mol. The predicted octanol–water partition coefficient (Wildman–Crippen LogP) is 5.36. The van der Waals surface area contributed by atoms with Crippen molar-refractivity contribution in [2.45, 2.75) is 6.04 Å². The lowest BCUT2D eigenvalue weighted by molar-refractivity contribution is -0.132. The van der Waals surface area contributed by atoms with Crippen molar-refractivity contribution in [1.29, 1.82) is 0 Å². The van der Waals surface area contributed by atoms with Gasteiger partial charge in [-0.05, 0) is 48.5 Å². The molecule has 4 rings (SSSR count). The number of methoxy groups -OCH3 is 1. The first-order valence-electron chi connectivity index (χ1n) is 8.97. The molecule has 1 atom stereocenters. The minimum Gasteiger partial charge on any atom is -0.507 e. The summed E-state index contributed by atoms with van der Waals surface area (Å²) in [5, 5.41) is 11.0. The lowest BCUT2D eigenvalue weighted by Crippen LogP contribution is -2.29. The van der Waals surface area contributed by atoms with Crippen LogP contribution >= 0.6 is 23.2 Å². The zero-order chi connectivity index (χ0) is 22.3. The van der Waals surface area contributed by atoms with Gasteiger partial charge in [0.2, 0.25) is 0 Å². The molecule has 0 aliphatic carbocycles. The Kier molecular flexibility index (Phi) is 5.47. The standard InChI is InChI=1S/C22H14Cl2FNO5/c1-30-16-7-4-11(9-14(16)24)20(27)18-19(17-3-2-8-31-17)26(22(29)21(18)28)12-5-6-15(25)13(23)10-12/h2-10,19,27H,1H3/b20-18-. The fourth-order valence-corrected chi connectivity index (χ4v) is 3.85. The van der Waals surface area contributed by atoms with Gasteiger partial charge in [0.1, 0.15) is 29.1 Å². The number of ketones is 1. The van der Waals surface area contributed by atoms with E-state index in [0.717, 1.165) is 11.0 Å². The van der Waals surface area contributed by atoms with Crippen molar-refractivity contribution in [3.05, 3.63) is 87.6 Å². The summed E-state index contributed by atoms with van der Waals surface area (Å²) in [7, 11) is 1.44. The Hall–Kier alpha value is -3.29. The largest absolute Gasteiger partial charge is 0.507 e. The molecule has 9 heteroatoms. The van der Waals surface area contributed by atoms with Crippen LogP contribution in [0.3, 0.4) is 0 Å². The van der Waals surface area contributed by atoms with Gasteiger partial charge >= 0.3 is 0 Å². The van der Waals surface area contributed by atoms with Gasteiger partial charge < -0.3 is 14.3 Å². The van der Waals surface area contributed by atoms with E-state index in [0.29, 0.717) is 5.75 Å². The van der Waals surface area contributed by atoms with E-state index in [2.05, 4.69) is 0 Å². The summed E-state index contributed by atoms with van der Waals surface area (Å²) in [6.45, 7) is 0. The van der Waals surface area contributed by atoms with Crippen LogP contribution in [0.2, 0.25) is 10.0 Å². The summed E-state index contributed by atoms with van der Waals surface area (Å²) in [4.78, 5) is 27.0. The Morgan fingerprint density at radius 2 is 1.90 bits per heavy atom. The highest BCUT2D eigenvalue weighted by Crippen LogP contribution is 2.43. The highest BCUT2D eigenvalue weighted by molar-refractivity contribution is 6.51. The quantitative estimate of drug-likeness (QED) is 0.321. The highest BCUT2D eigenvalue weighted by Gasteiger charge is 2.48. The smallest absolute Gasteiger partial charge is 0.300 e. The van der Waals surface area contributed by atoms with Gasteiger partial charge in [-0.25, -0.2) is 4.39 Å². The maximum atomic E-state index is 13.7. The zero-order valence-electron chi connectivity index (χ0n) is 15.9. The minimum absolute atomic E-state index is 0.168. The number of hydrogen-bond donors (Lipinski definition) is 1. The number of ether oxygens (including phenoxy) is 1. The average molecular weight is 462 g/mol. The number of furan rings is 1. The molecule has 6 nitrogen and oxygen atoms in total. The highest BCUT2D eigenvalue weighted by atomic mass is 35.5. The average Bonchev–Trinajstić information content (AvgIpc) is 3.37. The summed E-state index contributed by atoms with van der Waals surface area (Å²) >= 11 is 12.0. The molecule has 1 aromatic heterocycles. The molecule has 0 spiro atoms. The van der Waals surface area contributed by atoms with Crippen LogP contribution < -0.4 is 9.64 Å². The molecule has 1 unspecified atom stereocenters. The van der Waals surface area contributed by atoms with Crippen molar-refractivity contribution in [3.8, 4) is 5.75 Å². The molecular formula is C22H14Cl2FNO5. The van der Waals surface area contributed by atoms with Crippen LogP contribution in [0.15, 0.2) is 64.8 Å². The fourth-order valence-electron chi connectivity index (χ4n) is 3.42. The molecule has 1 saturated heterocycles. The van der Waals surface area contributed by atoms with Crippen molar-refractivity contribution >= 4 is 46.3 Å². The number of carbonyl (C=O) groups excluding carboxylic acids is 2. The van der Waals surface area contributed by atoms with Crippen molar-refractivity contribution in [2.75, 3.05) is 12.0 Å². The van der Waals surface area contributed by atoms with Crippen LogP contribution in [-0.4, -0.2) is 23.9 Å². The molecule has 0 bridgehead atoms. The third-order valence-corrected chi connectivity index (χ3v) is 5.45. The molecule has 1 amide bonds. The van der Waals surface area contributed by atoms with Crippen LogP contribution in [0.4, 0.5) is 10.1 Å². The molecule has 2 heterocycles. The first-order valence-corrected chi connectivity index (χ1v) is 9.72. The van der Waals surface area contributed by atoms with Crippen LogP contribution in [0.25, 0.3) is 5.76 Å². The van der Waals surface area contributed by atoms with Gasteiger partial charge in [-0.1, -0.05) is 23.2 Å². The maximum Gasteiger partial charge on any atom is 0.300 e. The van der Waals surface area contributed by atoms with Gasteiger partial charge in [0.25, 0.3) is 11.7 Å². The zero-order valence-corrected chi connectivity index (χ0v) is 17.4.